The molecule has 2 N–H and O–H groups in total. The minimum atomic E-state index is -4.19. The van der Waals surface area contributed by atoms with Gasteiger partial charge in [0.2, 0.25) is 0 Å². The van der Waals surface area contributed by atoms with Crippen molar-refractivity contribution in [3.8, 4) is 0 Å². The molecule has 0 spiro atoms. The van der Waals surface area contributed by atoms with Crippen LogP contribution < -0.4 is 9.44 Å². The molecule has 1 aromatic heterocycles. The van der Waals surface area contributed by atoms with Crippen LogP contribution in [0.3, 0.4) is 0 Å². The van der Waals surface area contributed by atoms with Gasteiger partial charge in [0.15, 0.2) is 0 Å². The van der Waals surface area contributed by atoms with E-state index in [1.807, 2.05) is 0 Å². The zero-order chi connectivity index (χ0) is 16.2. The van der Waals surface area contributed by atoms with Gasteiger partial charge in [-0.25, -0.2) is 14.3 Å². The van der Waals surface area contributed by atoms with E-state index in [0.29, 0.717) is 5.56 Å². The van der Waals surface area contributed by atoms with Crippen molar-refractivity contribution in [3.05, 3.63) is 16.0 Å². The van der Waals surface area contributed by atoms with E-state index in [-0.39, 0.29) is 17.2 Å². The Kier molecular flexibility index (Phi) is 5.55. The first-order chi connectivity index (χ1) is 9.71. The first-order valence-corrected chi connectivity index (χ1v) is 8.17. The predicted octanol–water partition coefficient (Wildman–Crippen LogP) is 1.55. The third-order valence-electron chi connectivity index (χ3n) is 2.50. The number of esters is 1. The molecule has 0 aliphatic carbocycles. The Labute approximate surface area is 126 Å². The molecule has 21 heavy (non-hydrogen) atoms. The molecule has 8 nitrogen and oxygen atoms in total. The number of nitrogens with one attached hydrogen (secondary N) is 2. The summed E-state index contributed by atoms with van der Waals surface area (Å²) in [4.78, 5) is 23.6. The number of rotatable bonds is 5. The number of hydrogen-bond donors (Lipinski definition) is 2. The summed E-state index contributed by atoms with van der Waals surface area (Å²) < 4.78 is 36.4. The van der Waals surface area contributed by atoms with E-state index >= 15 is 0 Å². The summed E-state index contributed by atoms with van der Waals surface area (Å²) >= 11 is 1.07. The lowest BCUT2D eigenvalue weighted by molar-refractivity contribution is 0.0527. The molecule has 0 aliphatic rings. The van der Waals surface area contributed by atoms with Gasteiger partial charge in [0.25, 0.3) is 0 Å². The number of thiophene rings is 1. The van der Waals surface area contributed by atoms with E-state index in [4.69, 9.17) is 4.74 Å². The maximum Gasteiger partial charge on any atom is 0.422 e. The Morgan fingerprint density at radius 2 is 1.90 bits per heavy atom. The Morgan fingerprint density at radius 3 is 2.43 bits per heavy atom. The van der Waals surface area contributed by atoms with Crippen LogP contribution >= 0.6 is 11.3 Å². The number of carbonyl (C=O) groups is 2. The Bertz CT molecular complexity index is 650. The van der Waals surface area contributed by atoms with Crippen molar-refractivity contribution < 1.29 is 27.5 Å². The topological polar surface area (TPSA) is 111 Å². The SMILES string of the molecule is CCOC(=O)c1c(NS(=O)(=O)NC(=O)OC)sc(C)c1C. The maximum atomic E-state index is 11.9. The van der Waals surface area contributed by atoms with Crippen molar-refractivity contribution >= 4 is 38.6 Å². The monoisotopic (exact) mass is 336 g/mol. The van der Waals surface area contributed by atoms with Gasteiger partial charge in [0.1, 0.15) is 5.00 Å². The minimum absolute atomic E-state index is 0.0832. The molecular formula is C11H16N2O6S2. The molecule has 0 aliphatic heterocycles. The van der Waals surface area contributed by atoms with Crippen LogP contribution in [0.25, 0.3) is 0 Å². The van der Waals surface area contributed by atoms with Crippen molar-refractivity contribution in [2.24, 2.45) is 0 Å². The molecule has 0 atom stereocenters. The van der Waals surface area contributed by atoms with Crippen molar-refractivity contribution in [1.82, 2.24) is 4.72 Å². The van der Waals surface area contributed by atoms with Crippen LogP contribution in [0.2, 0.25) is 0 Å². The summed E-state index contributed by atoms with van der Waals surface area (Å²) in [6, 6.07) is 0. The highest BCUT2D eigenvalue weighted by molar-refractivity contribution is 7.91. The van der Waals surface area contributed by atoms with Gasteiger partial charge >= 0.3 is 22.3 Å². The van der Waals surface area contributed by atoms with E-state index in [2.05, 4.69) is 9.46 Å². The number of aryl methyl sites for hydroxylation is 1. The van der Waals surface area contributed by atoms with Crippen LogP contribution in [-0.2, 0) is 19.7 Å². The standard InChI is InChI=1S/C11H16N2O6S2/c1-5-19-10(14)8-6(2)7(3)20-9(8)12-21(16,17)13-11(15)18-4/h12H,5H2,1-4H3,(H,13,15). The fourth-order valence-corrected chi connectivity index (χ4v) is 3.54. The average Bonchev–Trinajstić information content (AvgIpc) is 2.63. The number of carbonyl (C=O) groups excluding carboxylic acids is 2. The molecule has 0 saturated heterocycles. The van der Waals surface area contributed by atoms with Gasteiger partial charge in [0, 0.05) is 4.88 Å². The van der Waals surface area contributed by atoms with Crippen molar-refractivity contribution in [2.45, 2.75) is 20.8 Å². The lowest BCUT2D eigenvalue weighted by atomic mass is 10.2. The zero-order valence-electron chi connectivity index (χ0n) is 12.0. The van der Waals surface area contributed by atoms with Gasteiger partial charge in [-0.1, -0.05) is 0 Å². The molecule has 0 radical (unpaired) electrons. The summed E-state index contributed by atoms with van der Waals surface area (Å²) in [6.07, 6.45) is -1.13. The highest BCUT2D eigenvalue weighted by Gasteiger charge is 2.24. The third kappa shape index (κ3) is 4.33. The molecule has 1 amide bonds. The first-order valence-electron chi connectivity index (χ1n) is 5.87. The molecule has 0 aromatic carbocycles. The minimum Gasteiger partial charge on any atom is -0.462 e. The van der Waals surface area contributed by atoms with E-state index < -0.39 is 22.3 Å². The van der Waals surface area contributed by atoms with Crippen LogP contribution in [0.1, 0.15) is 27.7 Å². The van der Waals surface area contributed by atoms with Gasteiger partial charge < -0.3 is 9.47 Å². The normalized spacial score (nSPS) is 10.9. The number of amides is 1. The van der Waals surface area contributed by atoms with Crippen molar-refractivity contribution in [3.63, 3.8) is 0 Å². The van der Waals surface area contributed by atoms with Crippen LogP contribution in [0.5, 0.6) is 0 Å². The van der Waals surface area contributed by atoms with Gasteiger partial charge in [-0.15, -0.1) is 11.3 Å². The van der Waals surface area contributed by atoms with Crippen molar-refractivity contribution in [1.29, 1.82) is 0 Å². The molecular weight excluding hydrogens is 320 g/mol. The van der Waals surface area contributed by atoms with E-state index in [0.717, 1.165) is 23.3 Å². The molecule has 1 rings (SSSR count). The number of hydrogen-bond acceptors (Lipinski definition) is 7. The first kappa shape index (κ1) is 17.2. The summed E-state index contributed by atoms with van der Waals surface area (Å²) in [6.45, 7) is 5.24. The fourth-order valence-electron chi connectivity index (χ4n) is 1.45. The molecule has 10 heteroatoms. The van der Waals surface area contributed by atoms with Gasteiger partial charge in [-0.05, 0) is 26.3 Å². The lowest BCUT2D eigenvalue weighted by Gasteiger charge is -2.09. The highest BCUT2D eigenvalue weighted by atomic mass is 32.2. The highest BCUT2D eigenvalue weighted by Crippen LogP contribution is 2.33. The fraction of sp³-hybridized carbons (Fsp3) is 0.455. The van der Waals surface area contributed by atoms with Crippen LogP contribution in [-0.4, -0.2) is 34.2 Å². The summed E-state index contributed by atoms with van der Waals surface area (Å²) in [5.41, 5.74) is 0.754. The summed E-state index contributed by atoms with van der Waals surface area (Å²) in [5.74, 6) is -0.630. The van der Waals surface area contributed by atoms with E-state index in [9.17, 15) is 18.0 Å². The molecule has 118 valence electrons. The second-order valence-electron chi connectivity index (χ2n) is 3.91. The molecule has 1 heterocycles. The second kappa shape index (κ2) is 6.76. The van der Waals surface area contributed by atoms with Gasteiger partial charge in [0.05, 0.1) is 19.3 Å². The van der Waals surface area contributed by atoms with Crippen LogP contribution in [0, 0.1) is 13.8 Å². The maximum absolute atomic E-state index is 11.9. The summed E-state index contributed by atoms with van der Waals surface area (Å²) in [7, 11) is -3.16. The number of methoxy groups -OCH3 is 1. The quantitative estimate of drug-likeness (QED) is 0.789. The Balaban J connectivity index is 3.11. The summed E-state index contributed by atoms with van der Waals surface area (Å²) in [5, 5.41) is 0.0832. The van der Waals surface area contributed by atoms with Gasteiger partial charge in [-0.2, -0.15) is 8.42 Å². The lowest BCUT2D eigenvalue weighted by Crippen LogP contribution is -2.35. The Hall–Kier alpha value is -1.81. The molecule has 0 unspecified atom stereocenters. The van der Waals surface area contributed by atoms with E-state index in [1.165, 1.54) is 0 Å². The second-order valence-corrected chi connectivity index (χ2v) is 6.55. The largest absolute Gasteiger partial charge is 0.462 e. The molecule has 1 aromatic rings. The number of anilines is 1. The molecule has 0 bridgehead atoms. The average molecular weight is 336 g/mol. The molecule has 0 fully saturated rings. The van der Waals surface area contributed by atoms with Crippen molar-refractivity contribution in [2.75, 3.05) is 18.4 Å². The molecule has 0 saturated carbocycles. The third-order valence-corrected chi connectivity index (χ3v) is 4.66. The zero-order valence-corrected chi connectivity index (χ0v) is 13.6. The number of ether oxygens (including phenoxy) is 2. The predicted molar refractivity (Wildman–Crippen MR) is 77.8 cm³/mol. The van der Waals surface area contributed by atoms with Gasteiger partial charge in [-0.3, -0.25) is 4.72 Å². The van der Waals surface area contributed by atoms with E-state index in [1.54, 1.807) is 25.5 Å². The Morgan fingerprint density at radius 1 is 1.29 bits per heavy atom. The van der Waals surface area contributed by atoms with Crippen LogP contribution in [0.15, 0.2) is 0 Å². The smallest absolute Gasteiger partial charge is 0.422 e. The van der Waals surface area contributed by atoms with Crippen LogP contribution in [0.4, 0.5) is 9.80 Å².